The van der Waals surface area contributed by atoms with Crippen LogP contribution >= 0.6 is 0 Å². The number of nitrogens with two attached hydrogens (primary N) is 1. The number of para-hydroxylation sites is 1. The Labute approximate surface area is 93.7 Å². The van der Waals surface area contributed by atoms with Crippen molar-refractivity contribution in [1.82, 2.24) is 15.2 Å². The van der Waals surface area contributed by atoms with E-state index in [4.69, 9.17) is 10.5 Å². The molecular formula is C11H14N4O. The molecule has 0 aliphatic heterocycles. The molecule has 2 aromatic rings. The summed E-state index contributed by atoms with van der Waals surface area (Å²) in [5, 5.41) is 6.55. The summed E-state index contributed by atoms with van der Waals surface area (Å²) in [6.45, 7) is 2.55. The van der Waals surface area contributed by atoms with Gasteiger partial charge in [-0.1, -0.05) is 18.2 Å². The summed E-state index contributed by atoms with van der Waals surface area (Å²) in [6.07, 6.45) is 1.44. The zero-order valence-corrected chi connectivity index (χ0v) is 9.05. The average Bonchev–Trinajstić information content (AvgIpc) is 2.83. The SMILES string of the molecule is CCOc1ccccc1C(N)c1ncn[nH]1. The van der Waals surface area contributed by atoms with Crippen molar-refractivity contribution in [3.8, 4) is 5.75 Å². The van der Waals surface area contributed by atoms with Crippen molar-refractivity contribution in [3.05, 3.63) is 42.0 Å². The van der Waals surface area contributed by atoms with Gasteiger partial charge in [0.1, 0.15) is 17.9 Å². The maximum atomic E-state index is 6.08. The van der Waals surface area contributed by atoms with Crippen LogP contribution in [-0.2, 0) is 0 Å². The Morgan fingerprint density at radius 1 is 1.44 bits per heavy atom. The fraction of sp³-hybridized carbons (Fsp3) is 0.273. The second kappa shape index (κ2) is 4.76. The normalized spacial score (nSPS) is 12.4. The molecule has 1 heterocycles. The van der Waals surface area contributed by atoms with Crippen molar-refractivity contribution in [1.29, 1.82) is 0 Å². The van der Waals surface area contributed by atoms with E-state index in [2.05, 4.69) is 15.2 Å². The summed E-state index contributed by atoms with van der Waals surface area (Å²) in [5.41, 5.74) is 6.98. The predicted molar refractivity (Wildman–Crippen MR) is 60.0 cm³/mol. The summed E-state index contributed by atoms with van der Waals surface area (Å²) in [4.78, 5) is 4.05. The monoisotopic (exact) mass is 218 g/mol. The van der Waals surface area contributed by atoms with Crippen LogP contribution in [-0.4, -0.2) is 21.8 Å². The van der Waals surface area contributed by atoms with Crippen LogP contribution in [0.5, 0.6) is 5.75 Å². The first kappa shape index (κ1) is 10.6. The maximum absolute atomic E-state index is 6.08. The number of hydrogen-bond donors (Lipinski definition) is 2. The Balaban J connectivity index is 2.32. The molecule has 0 bridgehead atoms. The Morgan fingerprint density at radius 2 is 2.25 bits per heavy atom. The van der Waals surface area contributed by atoms with Gasteiger partial charge in [-0.2, -0.15) is 5.10 Å². The molecule has 1 atom stereocenters. The molecule has 0 saturated heterocycles. The Hall–Kier alpha value is -1.88. The molecule has 5 nitrogen and oxygen atoms in total. The van der Waals surface area contributed by atoms with Crippen LogP contribution in [0.15, 0.2) is 30.6 Å². The first-order valence-corrected chi connectivity index (χ1v) is 5.15. The van der Waals surface area contributed by atoms with Gasteiger partial charge in [0.2, 0.25) is 0 Å². The van der Waals surface area contributed by atoms with E-state index < -0.39 is 0 Å². The summed E-state index contributed by atoms with van der Waals surface area (Å²) < 4.78 is 5.51. The second-order valence-corrected chi connectivity index (χ2v) is 3.32. The number of benzene rings is 1. The van der Waals surface area contributed by atoms with E-state index in [1.165, 1.54) is 6.33 Å². The van der Waals surface area contributed by atoms with Crippen molar-refractivity contribution >= 4 is 0 Å². The highest BCUT2D eigenvalue weighted by Crippen LogP contribution is 2.26. The molecule has 0 aliphatic rings. The molecule has 16 heavy (non-hydrogen) atoms. The van der Waals surface area contributed by atoms with Crippen LogP contribution in [0.2, 0.25) is 0 Å². The minimum Gasteiger partial charge on any atom is -0.494 e. The minimum atomic E-state index is -0.342. The van der Waals surface area contributed by atoms with Crippen LogP contribution in [0.4, 0.5) is 0 Å². The van der Waals surface area contributed by atoms with Crippen molar-refractivity contribution in [3.63, 3.8) is 0 Å². The van der Waals surface area contributed by atoms with Gasteiger partial charge in [0.05, 0.1) is 12.6 Å². The molecule has 0 fully saturated rings. The van der Waals surface area contributed by atoms with E-state index in [0.717, 1.165) is 11.3 Å². The van der Waals surface area contributed by atoms with E-state index in [0.29, 0.717) is 12.4 Å². The summed E-state index contributed by atoms with van der Waals surface area (Å²) in [5.74, 6) is 1.42. The fourth-order valence-electron chi connectivity index (χ4n) is 1.54. The smallest absolute Gasteiger partial charge is 0.145 e. The van der Waals surface area contributed by atoms with Crippen LogP contribution in [0, 0.1) is 0 Å². The number of H-pyrrole nitrogens is 1. The topological polar surface area (TPSA) is 76.8 Å². The van der Waals surface area contributed by atoms with Gasteiger partial charge in [0.15, 0.2) is 0 Å². The zero-order valence-electron chi connectivity index (χ0n) is 9.05. The number of nitrogens with one attached hydrogen (secondary N) is 1. The lowest BCUT2D eigenvalue weighted by Crippen LogP contribution is -2.15. The highest BCUT2D eigenvalue weighted by molar-refractivity contribution is 5.38. The molecule has 1 unspecified atom stereocenters. The first-order chi connectivity index (χ1) is 7.83. The lowest BCUT2D eigenvalue weighted by atomic mass is 10.1. The van der Waals surface area contributed by atoms with Gasteiger partial charge in [0.25, 0.3) is 0 Å². The van der Waals surface area contributed by atoms with Gasteiger partial charge in [-0.15, -0.1) is 0 Å². The first-order valence-electron chi connectivity index (χ1n) is 5.15. The number of hydrogen-bond acceptors (Lipinski definition) is 4. The summed E-state index contributed by atoms with van der Waals surface area (Å²) >= 11 is 0. The van der Waals surface area contributed by atoms with E-state index in [1.54, 1.807) is 0 Å². The Bertz CT molecular complexity index is 441. The highest BCUT2D eigenvalue weighted by Gasteiger charge is 2.15. The lowest BCUT2D eigenvalue weighted by molar-refractivity contribution is 0.335. The van der Waals surface area contributed by atoms with Gasteiger partial charge in [-0.3, -0.25) is 5.10 Å². The third-order valence-electron chi connectivity index (χ3n) is 2.28. The van der Waals surface area contributed by atoms with Gasteiger partial charge < -0.3 is 10.5 Å². The number of aromatic amines is 1. The van der Waals surface area contributed by atoms with Crippen molar-refractivity contribution < 1.29 is 4.74 Å². The third-order valence-corrected chi connectivity index (χ3v) is 2.28. The van der Waals surface area contributed by atoms with Crippen molar-refractivity contribution in [2.45, 2.75) is 13.0 Å². The zero-order chi connectivity index (χ0) is 11.4. The Kier molecular flexibility index (Phi) is 3.16. The maximum Gasteiger partial charge on any atom is 0.145 e. The standard InChI is InChI=1S/C11H14N4O/c1-2-16-9-6-4-3-5-8(9)10(12)11-13-7-14-15-11/h3-7,10H,2,12H2,1H3,(H,13,14,15). The number of nitrogens with zero attached hydrogens (tertiary/aromatic N) is 2. The van der Waals surface area contributed by atoms with Gasteiger partial charge >= 0.3 is 0 Å². The average molecular weight is 218 g/mol. The number of aromatic nitrogens is 3. The minimum absolute atomic E-state index is 0.342. The van der Waals surface area contributed by atoms with E-state index in [1.807, 2.05) is 31.2 Å². The fourth-order valence-corrected chi connectivity index (χ4v) is 1.54. The van der Waals surface area contributed by atoms with Crippen LogP contribution < -0.4 is 10.5 Å². The summed E-state index contributed by atoms with van der Waals surface area (Å²) in [7, 11) is 0. The molecule has 1 aromatic heterocycles. The number of ether oxygens (including phenoxy) is 1. The third kappa shape index (κ3) is 2.04. The van der Waals surface area contributed by atoms with Crippen LogP contribution in [0.3, 0.4) is 0 Å². The molecule has 0 amide bonds. The predicted octanol–water partition coefficient (Wildman–Crippen LogP) is 1.25. The number of rotatable bonds is 4. The lowest BCUT2D eigenvalue weighted by Gasteiger charge is -2.14. The van der Waals surface area contributed by atoms with Gasteiger partial charge in [-0.05, 0) is 13.0 Å². The van der Waals surface area contributed by atoms with Gasteiger partial charge in [-0.25, -0.2) is 4.98 Å². The molecule has 2 rings (SSSR count). The van der Waals surface area contributed by atoms with E-state index in [-0.39, 0.29) is 6.04 Å². The second-order valence-electron chi connectivity index (χ2n) is 3.32. The highest BCUT2D eigenvalue weighted by atomic mass is 16.5. The van der Waals surface area contributed by atoms with Gasteiger partial charge in [0, 0.05) is 5.56 Å². The molecule has 84 valence electrons. The quantitative estimate of drug-likeness (QED) is 0.809. The van der Waals surface area contributed by atoms with Crippen molar-refractivity contribution in [2.75, 3.05) is 6.61 Å². The van der Waals surface area contributed by atoms with Crippen molar-refractivity contribution in [2.24, 2.45) is 5.73 Å². The summed E-state index contributed by atoms with van der Waals surface area (Å²) in [6, 6.07) is 7.33. The van der Waals surface area contributed by atoms with E-state index >= 15 is 0 Å². The van der Waals surface area contributed by atoms with Crippen LogP contribution in [0.1, 0.15) is 24.4 Å². The molecular weight excluding hydrogens is 204 g/mol. The molecule has 0 aliphatic carbocycles. The molecule has 1 aromatic carbocycles. The molecule has 0 saturated carbocycles. The molecule has 3 N–H and O–H groups in total. The molecule has 5 heteroatoms. The largest absolute Gasteiger partial charge is 0.494 e. The van der Waals surface area contributed by atoms with E-state index in [9.17, 15) is 0 Å². The molecule has 0 spiro atoms. The molecule has 0 radical (unpaired) electrons. The van der Waals surface area contributed by atoms with Crippen LogP contribution in [0.25, 0.3) is 0 Å². The Morgan fingerprint density at radius 3 is 2.94 bits per heavy atom.